The minimum atomic E-state index is -4.79. The van der Waals surface area contributed by atoms with E-state index in [0.29, 0.717) is 11.1 Å². The molecular formula is C10H9F3O. The van der Waals surface area contributed by atoms with Gasteiger partial charge in [-0.15, -0.1) is 0 Å². The van der Waals surface area contributed by atoms with E-state index in [9.17, 15) is 18.0 Å². The number of rotatable bonds is 1. The monoisotopic (exact) mass is 202 g/mol. The number of halogens is 3. The zero-order valence-corrected chi connectivity index (χ0v) is 7.77. The molecule has 1 aromatic rings. The standard InChI is InChI=1S/C10H9F3O/c1-6-3-7(2)5-8(4-6)9(14)10(11,12)13/h3-5H,1-2H3. The normalized spacial score (nSPS) is 11.5. The number of aryl methyl sites for hydroxylation is 2. The summed E-state index contributed by atoms with van der Waals surface area (Å²) in [5.41, 5.74) is 1.00. The number of ketones is 1. The first kappa shape index (κ1) is 10.8. The van der Waals surface area contributed by atoms with Crippen molar-refractivity contribution in [2.45, 2.75) is 20.0 Å². The molecule has 1 nitrogen and oxygen atoms in total. The van der Waals surface area contributed by atoms with Crippen molar-refractivity contribution in [2.24, 2.45) is 0 Å². The smallest absolute Gasteiger partial charge is 0.284 e. The van der Waals surface area contributed by atoms with E-state index in [1.165, 1.54) is 12.1 Å². The third kappa shape index (κ3) is 2.34. The largest absolute Gasteiger partial charge is 0.454 e. The maximum absolute atomic E-state index is 12.0. The molecule has 0 heterocycles. The van der Waals surface area contributed by atoms with Crippen LogP contribution in [0.4, 0.5) is 13.2 Å². The van der Waals surface area contributed by atoms with Crippen molar-refractivity contribution >= 4 is 5.78 Å². The Morgan fingerprint density at radius 2 is 1.50 bits per heavy atom. The molecule has 0 amide bonds. The van der Waals surface area contributed by atoms with Crippen LogP contribution >= 0.6 is 0 Å². The molecule has 0 saturated heterocycles. The van der Waals surface area contributed by atoms with Gasteiger partial charge in [0.25, 0.3) is 5.78 Å². The van der Waals surface area contributed by atoms with Gasteiger partial charge in [-0.1, -0.05) is 17.2 Å². The molecule has 0 bridgehead atoms. The molecule has 0 unspecified atom stereocenters. The fourth-order valence-corrected chi connectivity index (χ4v) is 1.27. The summed E-state index contributed by atoms with van der Waals surface area (Å²) in [5, 5.41) is 0. The number of benzene rings is 1. The molecule has 0 aliphatic rings. The maximum Gasteiger partial charge on any atom is 0.454 e. The fraction of sp³-hybridized carbons (Fsp3) is 0.300. The van der Waals surface area contributed by atoms with Crippen LogP contribution in [0.25, 0.3) is 0 Å². The molecule has 0 spiro atoms. The van der Waals surface area contributed by atoms with Gasteiger partial charge in [0.1, 0.15) is 0 Å². The summed E-state index contributed by atoms with van der Waals surface area (Å²) in [6.07, 6.45) is -4.79. The minimum Gasteiger partial charge on any atom is -0.284 e. The molecule has 0 aliphatic heterocycles. The van der Waals surface area contributed by atoms with Gasteiger partial charge in [0, 0.05) is 5.56 Å². The highest BCUT2D eigenvalue weighted by Crippen LogP contribution is 2.22. The van der Waals surface area contributed by atoms with E-state index >= 15 is 0 Å². The van der Waals surface area contributed by atoms with Crippen molar-refractivity contribution in [1.82, 2.24) is 0 Å². The predicted molar refractivity (Wildman–Crippen MR) is 46.3 cm³/mol. The number of Topliss-reactive ketones (excluding diaryl/α,β-unsaturated/α-hetero) is 1. The summed E-state index contributed by atoms with van der Waals surface area (Å²) in [7, 11) is 0. The summed E-state index contributed by atoms with van der Waals surface area (Å²) in [5.74, 6) is -1.79. The Balaban J connectivity index is 3.14. The molecule has 0 aliphatic carbocycles. The lowest BCUT2D eigenvalue weighted by molar-refractivity contribution is -0.0885. The van der Waals surface area contributed by atoms with Crippen LogP contribution in [0.3, 0.4) is 0 Å². The molecule has 4 heteroatoms. The van der Waals surface area contributed by atoms with Crippen molar-refractivity contribution in [3.8, 4) is 0 Å². The Morgan fingerprint density at radius 3 is 1.86 bits per heavy atom. The first-order chi connectivity index (χ1) is 6.30. The fourth-order valence-electron chi connectivity index (χ4n) is 1.27. The molecule has 0 atom stereocenters. The number of carbonyl (C=O) groups is 1. The number of alkyl halides is 3. The lowest BCUT2D eigenvalue weighted by atomic mass is 10.0. The SMILES string of the molecule is Cc1cc(C)cc(C(=O)C(F)(F)F)c1. The van der Waals surface area contributed by atoms with Gasteiger partial charge < -0.3 is 0 Å². The molecule has 1 rings (SSSR count). The highest BCUT2D eigenvalue weighted by atomic mass is 19.4. The maximum atomic E-state index is 12.0. The molecule has 0 aromatic heterocycles. The molecule has 0 fully saturated rings. The molecule has 0 N–H and O–H groups in total. The highest BCUT2D eigenvalue weighted by molar-refractivity contribution is 6.00. The van der Waals surface area contributed by atoms with Gasteiger partial charge in [0.05, 0.1) is 0 Å². The second-order valence-electron chi connectivity index (χ2n) is 3.20. The van der Waals surface area contributed by atoms with E-state index in [4.69, 9.17) is 0 Å². The van der Waals surface area contributed by atoms with E-state index in [1.54, 1.807) is 19.9 Å². The Kier molecular flexibility index (Phi) is 2.64. The first-order valence-corrected chi connectivity index (χ1v) is 4.00. The van der Waals surface area contributed by atoms with E-state index in [-0.39, 0.29) is 5.56 Å². The molecular weight excluding hydrogens is 193 g/mol. The third-order valence-corrected chi connectivity index (χ3v) is 1.74. The predicted octanol–water partition coefficient (Wildman–Crippen LogP) is 3.05. The Bertz CT molecular complexity index is 346. The lowest BCUT2D eigenvalue weighted by Crippen LogP contribution is -2.22. The van der Waals surface area contributed by atoms with Crippen molar-refractivity contribution in [2.75, 3.05) is 0 Å². The van der Waals surface area contributed by atoms with Crippen molar-refractivity contribution in [3.05, 3.63) is 34.9 Å². The van der Waals surface area contributed by atoms with Crippen LogP contribution in [0, 0.1) is 13.8 Å². The van der Waals surface area contributed by atoms with Gasteiger partial charge in [0.15, 0.2) is 0 Å². The van der Waals surface area contributed by atoms with E-state index in [0.717, 1.165) is 0 Å². The zero-order chi connectivity index (χ0) is 10.9. The quantitative estimate of drug-likeness (QED) is 0.639. The number of hydrogen-bond donors (Lipinski definition) is 0. The Labute approximate surface area is 79.5 Å². The topological polar surface area (TPSA) is 17.1 Å². The Morgan fingerprint density at radius 1 is 1.07 bits per heavy atom. The molecule has 0 saturated carbocycles. The molecule has 1 aromatic carbocycles. The van der Waals surface area contributed by atoms with Gasteiger partial charge in [-0.3, -0.25) is 4.79 Å². The van der Waals surface area contributed by atoms with Crippen molar-refractivity contribution < 1.29 is 18.0 Å². The number of hydrogen-bond acceptors (Lipinski definition) is 1. The van der Waals surface area contributed by atoms with Crippen molar-refractivity contribution in [3.63, 3.8) is 0 Å². The lowest BCUT2D eigenvalue weighted by Gasteiger charge is -2.06. The average Bonchev–Trinajstić information content (AvgIpc) is 1.99. The number of carbonyl (C=O) groups excluding carboxylic acids is 1. The molecule has 14 heavy (non-hydrogen) atoms. The van der Waals surface area contributed by atoms with Gasteiger partial charge in [-0.2, -0.15) is 13.2 Å². The van der Waals surface area contributed by atoms with E-state index < -0.39 is 12.0 Å². The summed E-state index contributed by atoms with van der Waals surface area (Å²) in [6, 6.07) is 4.19. The van der Waals surface area contributed by atoms with Crippen LogP contribution in [0.15, 0.2) is 18.2 Å². The van der Waals surface area contributed by atoms with Gasteiger partial charge >= 0.3 is 6.18 Å². The summed E-state index contributed by atoms with van der Waals surface area (Å²) in [6.45, 7) is 3.31. The minimum absolute atomic E-state index is 0.296. The van der Waals surface area contributed by atoms with Crippen LogP contribution in [0.2, 0.25) is 0 Å². The van der Waals surface area contributed by atoms with E-state index in [1.807, 2.05) is 0 Å². The summed E-state index contributed by atoms with van der Waals surface area (Å²) in [4.78, 5) is 10.8. The second kappa shape index (κ2) is 3.44. The summed E-state index contributed by atoms with van der Waals surface area (Å²) < 4.78 is 36.1. The Hall–Kier alpha value is -1.32. The third-order valence-electron chi connectivity index (χ3n) is 1.74. The van der Waals surface area contributed by atoms with Gasteiger partial charge in [-0.05, 0) is 26.0 Å². The van der Waals surface area contributed by atoms with Crippen LogP contribution in [0.5, 0.6) is 0 Å². The van der Waals surface area contributed by atoms with Crippen LogP contribution in [-0.4, -0.2) is 12.0 Å². The van der Waals surface area contributed by atoms with Gasteiger partial charge in [-0.25, -0.2) is 0 Å². The highest BCUT2D eigenvalue weighted by Gasteiger charge is 2.39. The average molecular weight is 202 g/mol. The van der Waals surface area contributed by atoms with Gasteiger partial charge in [0.2, 0.25) is 0 Å². The first-order valence-electron chi connectivity index (χ1n) is 4.00. The second-order valence-corrected chi connectivity index (χ2v) is 3.20. The van der Waals surface area contributed by atoms with E-state index in [2.05, 4.69) is 0 Å². The summed E-state index contributed by atoms with van der Waals surface area (Å²) >= 11 is 0. The van der Waals surface area contributed by atoms with Crippen LogP contribution in [-0.2, 0) is 0 Å². The van der Waals surface area contributed by atoms with Crippen LogP contribution in [0.1, 0.15) is 21.5 Å². The molecule has 0 radical (unpaired) electrons. The molecule has 76 valence electrons. The van der Waals surface area contributed by atoms with Crippen molar-refractivity contribution in [1.29, 1.82) is 0 Å². The van der Waals surface area contributed by atoms with Crippen LogP contribution < -0.4 is 0 Å². The zero-order valence-electron chi connectivity index (χ0n) is 7.77.